The molecule has 0 bridgehead atoms. The SMILES string of the molecule is COCCNS(=O)(=O)c1cc(Br)cc(CNC(C)C)c1F. The van der Waals surface area contributed by atoms with Crippen LogP contribution in [0.1, 0.15) is 19.4 Å². The molecule has 0 aliphatic heterocycles. The summed E-state index contributed by atoms with van der Waals surface area (Å²) < 4.78 is 46.2. The molecular formula is C13H20BrFN2O3S. The molecule has 21 heavy (non-hydrogen) atoms. The van der Waals surface area contributed by atoms with Crippen LogP contribution in [0.5, 0.6) is 0 Å². The molecule has 0 radical (unpaired) electrons. The second kappa shape index (κ2) is 8.19. The maximum atomic E-state index is 14.4. The summed E-state index contributed by atoms with van der Waals surface area (Å²) in [6.07, 6.45) is 0. The Balaban J connectivity index is 3.06. The van der Waals surface area contributed by atoms with Gasteiger partial charge in [-0.25, -0.2) is 17.5 Å². The molecule has 0 saturated carbocycles. The van der Waals surface area contributed by atoms with Crippen LogP contribution in [-0.4, -0.2) is 34.7 Å². The van der Waals surface area contributed by atoms with E-state index in [-0.39, 0.29) is 30.6 Å². The van der Waals surface area contributed by atoms with Crippen LogP contribution in [0.25, 0.3) is 0 Å². The van der Waals surface area contributed by atoms with Gasteiger partial charge in [-0.2, -0.15) is 0 Å². The van der Waals surface area contributed by atoms with E-state index in [2.05, 4.69) is 26.0 Å². The smallest absolute Gasteiger partial charge is 0.243 e. The average Bonchev–Trinajstić information content (AvgIpc) is 2.39. The lowest BCUT2D eigenvalue weighted by Crippen LogP contribution is -2.29. The number of benzene rings is 1. The van der Waals surface area contributed by atoms with Gasteiger partial charge in [-0.3, -0.25) is 0 Å². The van der Waals surface area contributed by atoms with E-state index in [0.29, 0.717) is 10.0 Å². The first-order valence-electron chi connectivity index (χ1n) is 6.48. The Morgan fingerprint density at radius 1 is 1.38 bits per heavy atom. The highest BCUT2D eigenvalue weighted by atomic mass is 79.9. The highest BCUT2D eigenvalue weighted by molar-refractivity contribution is 9.10. The predicted octanol–water partition coefficient (Wildman–Crippen LogP) is 2.01. The van der Waals surface area contributed by atoms with Crippen molar-refractivity contribution in [2.24, 2.45) is 0 Å². The number of sulfonamides is 1. The largest absolute Gasteiger partial charge is 0.383 e. The summed E-state index contributed by atoms with van der Waals surface area (Å²) in [6.45, 7) is 4.42. The van der Waals surface area contributed by atoms with Crippen LogP contribution >= 0.6 is 15.9 Å². The van der Waals surface area contributed by atoms with Gasteiger partial charge in [0.2, 0.25) is 10.0 Å². The number of halogens is 2. The van der Waals surface area contributed by atoms with Crippen molar-refractivity contribution in [1.82, 2.24) is 10.0 Å². The van der Waals surface area contributed by atoms with Crippen molar-refractivity contribution < 1.29 is 17.5 Å². The predicted molar refractivity (Wildman–Crippen MR) is 83.1 cm³/mol. The molecule has 0 aliphatic carbocycles. The fourth-order valence-electron chi connectivity index (χ4n) is 1.61. The first-order valence-corrected chi connectivity index (χ1v) is 8.75. The lowest BCUT2D eigenvalue weighted by Gasteiger charge is -2.13. The molecule has 0 aromatic heterocycles. The van der Waals surface area contributed by atoms with Gasteiger partial charge in [-0.15, -0.1) is 0 Å². The van der Waals surface area contributed by atoms with Gasteiger partial charge < -0.3 is 10.1 Å². The van der Waals surface area contributed by atoms with E-state index < -0.39 is 15.8 Å². The van der Waals surface area contributed by atoms with Gasteiger partial charge in [0.15, 0.2) is 0 Å². The number of hydrogen-bond donors (Lipinski definition) is 2. The molecule has 0 unspecified atom stereocenters. The third-order valence-corrected chi connectivity index (χ3v) is 4.59. The van der Waals surface area contributed by atoms with Crippen LogP contribution < -0.4 is 10.0 Å². The second-order valence-corrected chi connectivity index (χ2v) is 7.45. The minimum atomic E-state index is -3.91. The molecule has 0 atom stereocenters. The fourth-order valence-corrected chi connectivity index (χ4v) is 3.43. The summed E-state index contributed by atoms with van der Waals surface area (Å²) in [7, 11) is -2.45. The van der Waals surface area contributed by atoms with E-state index >= 15 is 0 Å². The summed E-state index contributed by atoms with van der Waals surface area (Å²) in [5.41, 5.74) is 0.296. The van der Waals surface area contributed by atoms with Gasteiger partial charge >= 0.3 is 0 Å². The summed E-state index contributed by atoms with van der Waals surface area (Å²) in [6, 6.07) is 2.99. The van der Waals surface area contributed by atoms with Crippen molar-refractivity contribution in [3.05, 3.63) is 28.0 Å². The molecule has 2 N–H and O–H groups in total. The van der Waals surface area contributed by atoms with Crippen LogP contribution in [0.15, 0.2) is 21.5 Å². The summed E-state index contributed by atoms with van der Waals surface area (Å²) in [5, 5.41) is 3.06. The molecular weight excluding hydrogens is 363 g/mol. The molecule has 120 valence electrons. The second-order valence-electron chi connectivity index (χ2n) is 4.80. The van der Waals surface area contributed by atoms with E-state index in [4.69, 9.17) is 4.74 Å². The molecule has 0 aliphatic rings. The zero-order valence-electron chi connectivity index (χ0n) is 12.2. The molecule has 5 nitrogen and oxygen atoms in total. The number of nitrogens with one attached hydrogen (secondary N) is 2. The van der Waals surface area contributed by atoms with Crippen LogP contribution in [0.4, 0.5) is 4.39 Å². The Kier molecular flexibility index (Phi) is 7.22. The van der Waals surface area contributed by atoms with Crippen molar-refractivity contribution in [2.45, 2.75) is 31.3 Å². The van der Waals surface area contributed by atoms with Gasteiger partial charge in [-0.1, -0.05) is 29.8 Å². The first kappa shape index (κ1) is 18.5. The lowest BCUT2D eigenvalue weighted by molar-refractivity contribution is 0.204. The monoisotopic (exact) mass is 382 g/mol. The zero-order chi connectivity index (χ0) is 16.0. The van der Waals surface area contributed by atoms with Crippen molar-refractivity contribution in [1.29, 1.82) is 0 Å². The minimum Gasteiger partial charge on any atom is -0.383 e. The van der Waals surface area contributed by atoms with Crippen LogP contribution in [0.3, 0.4) is 0 Å². The standard InChI is InChI=1S/C13H20BrFN2O3S/c1-9(2)16-8-10-6-11(14)7-12(13(10)15)21(18,19)17-4-5-20-3/h6-7,9,16-17H,4-5,8H2,1-3H3. The average molecular weight is 383 g/mol. The molecule has 0 heterocycles. The van der Waals surface area contributed by atoms with E-state index in [1.807, 2.05) is 13.8 Å². The molecule has 0 amide bonds. The number of methoxy groups -OCH3 is 1. The Labute approximate surface area is 133 Å². The van der Waals surface area contributed by atoms with E-state index in [0.717, 1.165) is 0 Å². The number of hydrogen-bond acceptors (Lipinski definition) is 4. The maximum absolute atomic E-state index is 14.4. The van der Waals surface area contributed by atoms with E-state index in [1.165, 1.54) is 13.2 Å². The van der Waals surface area contributed by atoms with Gasteiger partial charge in [0, 0.05) is 36.3 Å². The van der Waals surface area contributed by atoms with Crippen molar-refractivity contribution in [3.8, 4) is 0 Å². The van der Waals surface area contributed by atoms with Gasteiger partial charge in [-0.05, 0) is 12.1 Å². The Bertz CT molecular complexity index is 579. The summed E-state index contributed by atoms with van der Waals surface area (Å²) in [5.74, 6) is -0.740. The molecule has 0 fully saturated rings. The minimum absolute atomic E-state index is 0.0877. The Hall–Kier alpha value is -0.540. The third kappa shape index (κ3) is 5.63. The van der Waals surface area contributed by atoms with E-state index in [9.17, 15) is 12.8 Å². The molecule has 1 aromatic carbocycles. The van der Waals surface area contributed by atoms with Crippen LogP contribution in [0, 0.1) is 5.82 Å². The Morgan fingerprint density at radius 2 is 2.05 bits per heavy atom. The van der Waals surface area contributed by atoms with Gasteiger partial charge in [0.1, 0.15) is 10.7 Å². The molecule has 0 saturated heterocycles. The van der Waals surface area contributed by atoms with Crippen molar-refractivity contribution in [2.75, 3.05) is 20.3 Å². The highest BCUT2D eigenvalue weighted by Gasteiger charge is 2.22. The number of ether oxygens (including phenoxy) is 1. The Morgan fingerprint density at radius 3 is 2.62 bits per heavy atom. The topological polar surface area (TPSA) is 67.4 Å². The first-order chi connectivity index (χ1) is 9.77. The maximum Gasteiger partial charge on any atom is 0.243 e. The molecule has 1 rings (SSSR count). The van der Waals surface area contributed by atoms with Crippen molar-refractivity contribution >= 4 is 26.0 Å². The fraction of sp³-hybridized carbons (Fsp3) is 0.538. The van der Waals surface area contributed by atoms with Crippen LogP contribution in [0.2, 0.25) is 0 Å². The molecule has 1 aromatic rings. The lowest BCUT2D eigenvalue weighted by atomic mass is 10.2. The molecule has 8 heteroatoms. The third-order valence-electron chi connectivity index (χ3n) is 2.67. The van der Waals surface area contributed by atoms with Crippen LogP contribution in [-0.2, 0) is 21.3 Å². The summed E-state index contributed by atoms with van der Waals surface area (Å²) in [4.78, 5) is -0.367. The van der Waals surface area contributed by atoms with E-state index in [1.54, 1.807) is 6.07 Å². The summed E-state index contributed by atoms with van der Waals surface area (Å²) >= 11 is 3.22. The van der Waals surface area contributed by atoms with Gasteiger partial charge in [0.25, 0.3) is 0 Å². The highest BCUT2D eigenvalue weighted by Crippen LogP contribution is 2.24. The molecule has 0 spiro atoms. The van der Waals surface area contributed by atoms with Crippen molar-refractivity contribution in [3.63, 3.8) is 0 Å². The zero-order valence-corrected chi connectivity index (χ0v) is 14.6. The quantitative estimate of drug-likeness (QED) is 0.674. The van der Waals surface area contributed by atoms with Gasteiger partial charge in [0.05, 0.1) is 6.61 Å². The normalized spacial score (nSPS) is 12.1. The number of rotatable bonds is 8.